The Morgan fingerprint density at radius 2 is 1.96 bits per heavy atom. The van der Waals surface area contributed by atoms with E-state index in [2.05, 4.69) is 22.3 Å². The highest BCUT2D eigenvalue weighted by Gasteiger charge is 2.21. The standard InChI is InChI=1S/C19H20F2N2O2/c20-17-7-6-15(10-18(17)21)19(24)22-11-16-13-23(8-9-25-16)12-14-4-2-1-3-5-14/h1-7,10,16H,8-9,11-13H2,(H,22,24). The lowest BCUT2D eigenvalue weighted by Gasteiger charge is -2.33. The molecule has 1 heterocycles. The van der Waals surface area contributed by atoms with Crippen LogP contribution in [0.4, 0.5) is 8.78 Å². The van der Waals surface area contributed by atoms with E-state index in [1.165, 1.54) is 11.6 Å². The molecule has 2 aromatic rings. The Kier molecular flexibility index (Phi) is 5.73. The minimum atomic E-state index is -1.03. The highest BCUT2D eigenvalue weighted by Crippen LogP contribution is 2.11. The lowest BCUT2D eigenvalue weighted by molar-refractivity contribution is -0.0292. The van der Waals surface area contributed by atoms with E-state index in [0.29, 0.717) is 19.7 Å². The Hall–Kier alpha value is -2.31. The molecule has 1 unspecified atom stereocenters. The zero-order chi connectivity index (χ0) is 17.6. The maximum absolute atomic E-state index is 13.2. The number of halogens is 2. The molecule has 1 fully saturated rings. The molecule has 1 aliphatic heterocycles. The summed E-state index contributed by atoms with van der Waals surface area (Å²) >= 11 is 0. The van der Waals surface area contributed by atoms with Gasteiger partial charge in [0, 0.05) is 31.7 Å². The van der Waals surface area contributed by atoms with Gasteiger partial charge in [-0.3, -0.25) is 9.69 Å². The van der Waals surface area contributed by atoms with Crippen molar-refractivity contribution in [2.45, 2.75) is 12.6 Å². The summed E-state index contributed by atoms with van der Waals surface area (Å²) in [6.07, 6.45) is -0.133. The predicted octanol–water partition coefficient (Wildman–Crippen LogP) is 2.60. The van der Waals surface area contributed by atoms with E-state index in [-0.39, 0.29) is 11.7 Å². The SMILES string of the molecule is O=C(NCC1CN(Cc2ccccc2)CCO1)c1ccc(F)c(F)c1. The molecule has 1 amide bonds. The van der Waals surface area contributed by atoms with Gasteiger partial charge in [-0.25, -0.2) is 8.78 Å². The minimum absolute atomic E-state index is 0.0934. The highest BCUT2D eigenvalue weighted by atomic mass is 19.2. The van der Waals surface area contributed by atoms with Crippen LogP contribution in [0.15, 0.2) is 48.5 Å². The van der Waals surface area contributed by atoms with E-state index >= 15 is 0 Å². The normalized spacial score (nSPS) is 18.1. The molecule has 6 heteroatoms. The number of nitrogens with one attached hydrogen (secondary N) is 1. The zero-order valence-electron chi connectivity index (χ0n) is 13.8. The van der Waals surface area contributed by atoms with Gasteiger partial charge in [0.05, 0.1) is 12.7 Å². The quantitative estimate of drug-likeness (QED) is 0.905. The van der Waals surface area contributed by atoms with Crippen molar-refractivity contribution in [3.63, 3.8) is 0 Å². The van der Waals surface area contributed by atoms with Gasteiger partial charge in [-0.2, -0.15) is 0 Å². The summed E-state index contributed by atoms with van der Waals surface area (Å²) in [6, 6.07) is 13.3. The van der Waals surface area contributed by atoms with E-state index < -0.39 is 17.5 Å². The largest absolute Gasteiger partial charge is 0.374 e. The zero-order valence-corrected chi connectivity index (χ0v) is 13.8. The van der Waals surface area contributed by atoms with Crippen LogP contribution >= 0.6 is 0 Å². The molecule has 1 aliphatic rings. The second-order valence-electron chi connectivity index (χ2n) is 6.05. The predicted molar refractivity (Wildman–Crippen MR) is 90.2 cm³/mol. The maximum atomic E-state index is 13.2. The number of hydrogen-bond donors (Lipinski definition) is 1. The molecular weight excluding hydrogens is 326 g/mol. The summed E-state index contributed by atoms with van der Waals surface area (Å²) in [4.78, 5) is 14.3. The van der Waals surface area contributed by atoms with E-state index in [1.807, 2.05) is 18.2 Å². The fraction of sp³-hybridized carbons (Fsp3) is 0.316. The van der Waals surface area contributed by atoms with Gasteiger partial charge >= 0.3 is 0 Å². The van der Waals surface area contributed by atoms with Crippen molar-refractivity contribution in [3.05, 3.63) is 71.3 Å². The van der Waals surface area contributed by atoms with Crippen LogP contribution in [-0.4, -0.2) is 43.2 Å². The first-order chi connectivity index (χ1) is 12.1. The lowest BCUT2D eigenvalue weighted by Crippen LogP contribution is -2.47. The highest BCUT2D eigenvalue weighted by molar-refractivity contribution is 5.94. The molecule has 1 saturated heterocycles. The molecule has 1 N–H and O–H groups in total. The minimum Gasteiger partial charge on any atom is -0.374 e. The number of rotatable bonds is 5. The van der Waals surface area contributed by atoms with Crippen LogP contribution in [-0.2, 0) is 11.3 Å². The number of carbonyl (C=O) groups is 1. The van der Waals surface area contributed by atoms with Crippen molar-refractivity contribution in [1.82, 2.24) is 10.2 Å². The monoisotopic (exact) mass is 346 g/mol. The van der Waals surface area contributed by atoms with Crippen molar-refractivity contribution in [2.75, 3.05) is 26.2 Å². The van der Waals surface area contributed by atoms with Gasteiger partial charge in [0.25, 0.3) is 5.91 Å². The first-order valence-electron chi connectivity index (χ1n) is 8.23. The van der Waals surface area contributed by atoms with Crippen LogP contribution in [0, 0.1) is 11.6 Å². The number of amides is 1. The van der Waals surface area contributed by atoms with Crippen molar-refractivity contribution >= 4 is 5.91 Å². The maximum Gasteiger partial charge on any atom is 0.251 e. The topological polar surface area (TPSA) is 41.6 Å². The number of carbonyl (C=O) groups excluding carboxylic acids is 1. The smallest absolute Gasteiger partial charge is 0.251 e. The van der Waals surface area contributed by atoms with Crippen molar-refractivity contribution < 1.29 is 18.3 Å². The van der Waals surface area contributed by atoms with Gasteiger partial charge in [0.2, 0.25) is 0 Å². The molecule has 0 saturated carbocycles. The number of nitrogens with zero attached hydrogens (tertiary/aromatic N) is 1. The van der Waals surface area contributed by atoms with Crippen molar-refractivity contribution in [3.8, 4) is 0 Å². The van der Waals surface area contributed by atoms with Gasteiger partial charge in [0.15, 0.2) is 11.6 Å². The number of benzene rings is 2. The van der Waals surface area contributed by atoms with E-state index in [0.717, 1.165) is 25.2 Å². The van der Waals surface area contributed by atoms with Gasteiger partial charge < -0.3 is 10.1 Å². The number of morpholine rings is 1. The molecule has 0 radical (unpaired) electrons. The van der Waals surface area contributed by atoms with Crippen LogP contribution in [0.1, 0.15) is 15.9 Å². The molecule has 3 rings (SSSR count). The molecule has 2 aromatic carbocycles. The molecule has 132 valence electrons. The summed E-state index contributed by atoms with van der Waals surface area (Å²) in [5, 5.41) is 2.72. The second-order valence-corrected chi connectivity index (χ2v) is 6.05. The van der Waals surface area contributed by atoms with Crippen LogP contribution in [0.3, 0.4) is 0 Å². The van der Waals surface area contributed by atoms with Crippen LogP contribution in [0.5, 0.6) is 0 Å². The first kappa shape index (κ1) is 17.5. The fourth-order valence-corrected chi connectivity index (χ4v) is 2.84. The Balaban J connectivity index is 1.50. The van der Waals surface area contributed by atoms with Crippen LogP contribution in [0.2, 0.25) is 0 Å². The molecular formula is C19H20F2N2O2. The Bertz CT molecular complexity index is 725. The third kappa shape index (κ3) is 4.84. The third-order valence-electron chi connectivity index (χ3n) is 4.14. The molecule has 0 spiro atoms. The summed E-state index contributed by atoms with van der Waals surface area (Å²) in [6.45, 7) is 3.29. The fourth-order valence-electron chi connectivity index (χ4n) is 2.84. The van der Waals surface area contributed by atoms with Crippen molar-refractivity contribution in [1.29, 1.82) is 0 Å². The summed E-state index contributed by atoms with van der Waals surface area (Å²) < 4.78 is 31.8. The summed E-state index contributed by atoms with van der Waals surface area (Å²) in [5.41, 5.74) is 1.32. The van der Waals surface area contributed by atoms with Crippen LogP contribution in [0.25, 0.3) is 0 Å². The van der Waals surface area contributed by atoms with Crippen LogP contribution < -0.4 is 5.32 Å². The van der Waals surface area contributed by atoms with Gasteiger partial charge in [0.1, 0.15) is 0 Å². The third-order valence-corrected chi connectivity index (χ3v) is 4.14. The number of ether oxygens (including phenoxy) is 1. The Morgan fingerprint density at radius 1 is 1.16 bits per heavy atom. The van der Waals surface area contributed by atoms with E-state index in [9.17, 15) is 13.6 Å². The average molecular weight is 346 g/mol. The summed E-state index contributed by atoms with van der Waals surface area (Å²) in [5.74, 6) is -2.44. The molecule has 0 aromatic heterocycles. The molecule has 25 heavy (non-hydrogen) atoms. The Morgan fingerprint density at radius 3 is 2.72 bits per heavy atom. The van der Waals surface area contributed by atoms with Gasteiger partial charge in [-0.1, -0.05) is 30.3 Å². The lowest BCUT2D eigenvalue weighted by atomic mass is 10.1. The average Bonchev–Trinajstić information content (AvgIpc) is 2.63. The van der Waals surface area contributed by atoms with Gasteiger partial charge in [-0.05, 0) is 23.8 Å². The van der Waals surface area contributed by atoms with Gasteiger partial charge in [-0.15, -0.1) is 0 Å². The molecule has 4 nitrogen and oxygen atoms in total. The Labute approximate surface area is 145 Å². The second kappa shape index (κ2) is 8.18. The molecule has 0 aliphatic carbocycles. The number of hydrogen-bond acceptors (Lipinski definition) is 3. The van der Waals surface area contributed by atoms with E-state index in [4.69, 9.17) is 4.74 Å². The molecule has 1 atom stereocenters. The van der Waals surface area contributed by atoms with E-state index in [1.54, 1.807) is 0 Å². The first-order valence-corrected chi connectivity index (χ1v) is 8.23. The molecule has 0 bridgehead atoms. The van der Waals surface area contributed by atoms with Crippen molar-refractivity contribution in [2.24, 2.45) is 0 Å². The summed E-state index contributed by atoms with van der Waals surface area (Å²) in [7, 11) is 0.